The van der Waals surface area contributed by atoms with Gasteiger partial charge >= 0.3 is 6.18 Å². The Bertz CT molecular complexity index is 636. The number of nitrogen functional groups attached to an aromatic ring is 1. The van der Waals surface area contributed by atoms with Crippen molar-refractivity contribution in [2.75, 3.05) is 11.1 Å². The van der Waals surface area contributed by atoms with Crippen LogP contribution in [0.1, 0.15) is 11.1 Å². The van der Waals surface area contributed by atoms with E-state index in [1.807, 2.05) is 0 Å². The summed E-state index contributed by atoms with van der Waals surface area (Å²) in [6.07, 6.45) is -4.42. The molecule has 0 amide bonds. The third-order valence-corrected chi connectivity index (χ3v) is 2.84. The summed E-state index contributed by atoms with van der Waals surface area (Å²) < 4.78 is 51.3. The van der Waals surface area contributed by atoms with Crippen molar-refractivity contribution in [3.05, 3.63) is 53.3 Å². The van der Waals surface area contributed by atoms with Crippen molar-refractivity contribution in [2.24, 2.45) is 0 Å². The summed E-state index contributed by atoms with van der Waals surface area (Å²) in [5.74, 6) is -0.507. The number of aryl methyl sites for hydroxylation is 1. The molecule has 0 spiro atoms. The average Bonchev–Trinajstić information content (AvgIpc) is 2.33. The van der Waals surface area contributed by atoms with Gasteiger partial charge in [-0.3, -0.25) is 0 Å². The van der Waals surface area contributed by atoms with E-state index in [-0.39, 0.29) is 16.9 Å². The van der Waals surface area contributed by atoms with Gasteiger partial charge in [0.15, 0.2) is 0 Å². The number of hydrogen-bond donors (Lipinski definition) is 2. The number of benzene rings is 2. The Morgan fingerprint density at radius 3 is 2.35 bits per heavy atom. The maximum absolute atomic E-state index is 12.9. The molecule has 2 rings (SSSR count). The minimum absolute atomic E-state index is 0.124. The van der Waals surface area contributed by atoms with E-state index >= 15 is 0 Å². The molecule has 0 fully saturated rings. The maximum Gasteiger partial charge on any atom is 0.416 e. The highest BCUT2D eigenvalue weighted by atomic mass is 19.4. The highest BCUT2D eigenvalue weighted by Crippen LogP contribution is 2.34. The second-order valence-electron chi connectivity index (χ2n) is 4.38. The maximum atomic E-state index is 12.9. The highest BCUT2D eigenvalue weighted by molar-refractivity contribution is 5.72. The predicted octanol–water partition coefficient (Wildman–Crippen LogP) is 4.48. The first kappa shape index (κ1) is 14.2. The van der Waals surface area contributed by atoms with Crippen LogP contribution in [0, 0.1) is 12.7 Å². The number of alkyl halides is 3. The standard InChI is InChI=1S/C14H12F4N2/c1-8-2-4-10(7-11(8)14(16,17)18)20-13-5-3-9(15)6-12(13)19/h2-7,20H,19H2,1H3. The number of rotatable bonds is 2. The van der Waals surface area contributed by atoms with Gasteiger partial charge in [0.05, 0.1) is 16.9 Å². The fraction of sp³-hybridized carbons (Fsp3) is 0.143. The van der Waals surface area contributed by atoms with E-state index in [0.717, 1.165) is 12.1 Å². The lowest BCUT2D eigenvalue weighted by atomic mass is 10.1. The highest BCUT2D eigenvalue weighted by Gasteiger charge is 2.32. The lowest BCUT2D eigenvalue weighted by Crippen LogP contribution is -2.08. The van der Waals surface area contributed by atoms with Crippen LogP contribution in [0.3, 0.4) is 0 Å². The van der Waals surface area contributed by atoms with Gasteiger partial charge in [0.25, 0.3) is 0 Å². The zero-order valence-electron chi connectivity index (χ0n) is 10.6. The zero-order chi connectivity index (χ0) is 14.9. The van der Waals surface area contributed by atoms with E-state index in [4.69, 9.17) is 5.73 Å². The van der Waals surface area contributed by atoms with Crippen LogP contribution >= 0.6 is 0 Å². The van der Waals surface area contributed by atoms with E-state index in [2.05, 4.69) is 5.32 Å². The van der Waals surface area contributed by atoms with Gasteiger partial charge < -0.3 is 11.1 Å². The van der Waals surface area contributed by atoms with Crippen molar-refractivity contribution >= 4 is 17.1 Å². The molecule has 0 aliphatic rings. The number of hydrogen-bond acceptors (Lipinski definition) is 2. The van der Waals surface area contributed by atoms with E-state index in [1.165, 1.54) is 31.2 Å². The molecule has 3 N–H and O–H groups in total. The molecule has 0 heterocycles. The van der Waals surface area contributed by atoms with Crippen molar-refractivity contribution in [3.8, 4) is 0 Å². The quantitative estimate of drug-likeness (QED) is 0.630. The molecule has 106 valence electrons. The molecule has 0 atom stereocenters. The Labute approximate surface area is 113 Å². The lowest BCUT2D eigenvalue weighted by molar-refractivity contribution is -0.138. The smallest absolute Gasteiger partial charge is 0.397 e. The summed E-state index contributed by atoms with van der Waals surface area (Å²) in [6, 6.07) is 7.52. The largest absolute Gasteiger partial charge is 0.416 e. The topological polar surface area (TPSA) is 38.0 Å². The molecule has 0 saturated heterocycles. The summed E-state index contributed by atoms with van der Waals surface area (Å²) >= 11 is 0. The second-order valence-corrected chi connectivity index (χ2v) is 4.38. The molecular weight excluding hydrogens is 272 g/mol. The number of nitrogens with two attached hydrogens (primary N) is 1. The van der Waals surface area contributed by atoms with Crippen molar-refractivity contribution in [2.45, 2.75) is 13.1 Å². The van der Waals surface area contributed by atoms with E-state index < -0.39 is 17.6 Å². The Morgan fingerprint density at radius 1 is 1.05 bits per heavy atom. The minimum Gasteiger partial charge on any atom is -0.397 e. The average molecular weight is 284 g/mol. The first-order valence-corrected chi connectivity index (χ1v) is 5.77. The number of anilines is 3. The van der Waals surface area contributed by atoms with Crippen LogP contribution in [-0.4, -0.2) is 0 Å². The molecule has 0 saturated carbocycles. The van der Waals surface area contributed by atoms with Gasteiger partial charge in [0.2, 0.25) is 0 Å². The van der Waals surface area contributed by atoms with Crippen LogP contribution in [-0.2, 0) is 6.18 Å². The van der Waals surface area contributed by atoms with Gasteiger partial charge in [-0.25, -0.2) is 4.39 Å². The van der Waals surface area contributed by atoms with E-state index in [9.17, 15) is 17.6 Å². The molecule has 2 aromatic rings. The molecule has 20 heavy (non-hydrogen) atoms. The molecule has 2 aromatic carbocycles. The molecule has 6 heteroatoms. The first-order chi connectivity index (χ1) is 9.27. The van der Waals surface area contributed by atoms with E-state index in [0.29, 0.717) is 5.69 Å². The summed E-state index contributed by atoms with van der Waals surface area (Å²) in [4.78, 5) is 0. The number of halogens is 4. The third-order valence-electron chi connectivity index (χ3n) is 2.84. The fourth-order valence-electron chi connectivity index (χ4n) is 1.81. The summed E-state index contributed by atoms with van der Waals surface area (Å²) in [7, 11) is 0. The molecular formula is C14H12F4N2. The van der Waals surface area contributed by atoms with Gasteiger partial charge in [-0.2, -0.15) is 13.2 Å². The Kier molecular flexibility index (Phi) is 3.57. The summed E-state index contributed by atoms with van der Waals surface area (Å²) in [5.41, 5.74) is 5.73. The SMILES string of the molecule is Cc1ccc(Nc2ccc(F)cc2N)cc1C(F)(F)F. The predicted molar refractivity (Wildman–Crippen MR) is 70.3 cm³/mol. The Balaban J connectivity index is 2.35. The normalized spacial score (nSPS) is 11.4. The van der Waals surface area contributed by atoms with Crippen LogP contribution in [0.2, 0.25) is 0 Å². The van der Waals surface area contributed by atoms with Crippen LogP contribution in [0.5, 0.6) is 0 Å². The molecule has 0 aromatic heterocycles. The Morgan fingerprint density at radius 2 is 1.75 bits per heavy atom. The fourth-order valence-corrected chi connectivity index (χ4v) is 1.81. The van der Waals surface area contributed by atoms with Crippen molar-refractivity contribution in [1.29, 1.82) is 0 Å². The van der Waals surface area contributed by atoms with Crippen molar-refractivity contribution in [3.63, 3.8) is 0 Å². The Hall–Kier alpha value is -2.24. The van der Waals surface area contributed by atoms with Gasteiger partial charge in [-0.15, -0.1) is 0 Å². The van der Waals surface area contributed by atoms with Gasteiger partial charge in [0, 0.05) is 5.69 Å². The third kappa shape index (κ3) is 3.01. The monoisotopic (exact) mass is 284 g/mol. The molecule has 0 aliphatic carbocycles. The first-order valence-electron chi connectivity index (χ1n) is 5.77. The van der Waals surface area contributed by atoms with Crippen molar-refractivity contribution in [1.82, 2.24) is 0 Å². The van der Waals surface area contributed by atoms with Crippen LogP contribution < -0.4 is 11.1 Å². The van der Waals surface area contributed by atoms with Crippen LogP contribution in [0.4, 0.5) is 34.6 Å². The lowest BCUT2D eigenvalue weighted by Gasteiger charge is -2.14. The van der Waals surface area contributed by atoms with E-state index in [1.54, 1.807) is 0 Å². The van der Waals surface area contributed by atoms with Crippen LogP contribution in [0.25, 0.3) is 0 Å². The summed E-state index contributed by atoms with van der Waals surface area (Å²) in [6.45, 7) is 1.39. The second kappa shape index (κ2) is 5.03. The van der Waals surface area contributed by atoms with Gasteiger partial charge in [-0.05, 0) is 42.8 Å². The summed E-state index contributed by atoms with van der Waals surface area (Å²) in [5, 5.41) is 2.75. The van der Waals surface area contributed by atoms with Gasteiger partial charge in [-0.1, -0.05) is 6.07 Å². The van der Waals surface area contributed by atoms with Gasteiger partial charge in [0.1, 0.15) is 5.82 Å². The molecule has 0 aliphatic heterocycles. The minimum atomic E-state index is -4.42. The molecule has 0 radical (unpaired) electrons. The molecule has 0 unspecified atom stereocenters. The molecule has 2 nitrogen and oxygen atoms in total. The van der Waals surface area contributed by atoms with Crippen LogP contribution in [0.15, 0.2) is 36.4 Å². The molecule has 0 bridgehead atoms. The van der Waals surface area contributed by atoms with Crippen molar-refractivity contribution < 1.29 is 17.6 Å². The number of nitrogens with one attached hydrogen (secondary N) is 1. The zero-order valence-corrected chi connectivity index (χ0v) is 10.6.